The lowest BCUT2D eigenvalue weighted by molar-refractivity contribution is -0.120. The number of nitrogens with zero attached hydrogens (tertiary/aromatic N) is 3. The molecular weight excluding hydrogens is 415 g/mol. The summed E-state index contributed by atoms with van der Waals surface area (Å²) in [5, 5.41) is 11.2. The average Bonchev–Trinajstić information content (AvgIpc) is 3.18. The van der Waals surface area contributed by atoms with Gasteiger partial charge in [-0.25, -0.2) is 12.8 Å². The maximum absolute atomic E-state index is 14.3. The van der Waals surface area contributed by atoms with Crippen molar-refractivity contribution in [1.82, 2.24) is 20.1 Å². The minimum absolute atomic E-state index is 0.0168. The molecule has 1 aliphatic heterocycles. The van der Waals surface area contributed by atoms with E-state index >= 15 is 0 Å². The van der Waals surface area contributed by atoms with Crippen LogP contribution < -0.4 is 5.32 Å². The fourth-order valence-corrected chi connectivity index (χ4v) is 5.73. The van der Waals surface area contributed by atoms with Crippen LogP contribution in [0.5, 0.6) is 0 Å². The van der Waals surface area contributed by atoms with Gasteiger partial charge in [0.2, 0.25) is 5.91 Å². The molecule has 1 aliphatic rings. The van der Waals surface area contributed by atoms with Gasteiger partial charge in [0, 0.05) is 12.6 Å². The molecule has 3 rings (SSSR count). The molecule has 29 heavy (non-hydrogen) atoms. The Morgan fingerprint density at radius 2 is 2.03 bits per heavy atom. The molecule has 0 spiro atoms. The minimum atomic E-state index is -3.06. The maximum Gasteiger partial charge on any atom is 0.233 e. The van der Waals surface area contributed by atoms with Crippen LogP contribution in [0.1, 0.15) is 27.2 Å². The fourth-order valence-electron chi connectivity index (χ4n) is 3.19. The van der Waals surface area contributed by atoms with Gasteiger partial charge in [-0.15, -0.1) is 10.2 Å². The number of sulfone groups is 1. The maximum atomic E-state index is 14.3. The summed E-state index contributed by atoms with van der Waals surface area (Å²) in [5.41, 5.74) is 0.362. The van der Waals surface area contributed by atoms with Crippen LogP contribution in [-0.4, -0.2) is 51.9 Å². The summed E-state index contributed by atoms with van der Waals surface area (Å²) in [7, 11) is -3.06. The highest BCUT2D eigenvalue weighted by molar-refractivity contribution is 8.00. The van der Waals surface area contributed by atoms with E-state index in [1.54, 1.807) is 25.1 Å². The smallest absolute Gasteiger partial charge is 0.233 e. The Bertz CT molecular complexity index is 991. The molecule has 2 heterocycles. The van der Waals surface area contributed by atoms with Crippen LogP contribution in [0.2, 0.25) is 0 Å². The lowest BCUT2D eigenvalue weighted by Crippen LogP contribution is -2.40. The molecule has 2 aromatic rings. The quantitative estimate of drug-likeness (QED) is 0.665. The second-order valence-corrected chi connectivity index (χ2v) is 11.2. The number of carbonyl (C=O) groups excluding carboxylic acids is 1. The summed E-state index contributed by atoms with van der Waals surface area (Å²) in [6.45, 7) is 6.39. The van der Waals surface area contributed by atoms with Crippen molar-refractivity contribution in [3.05, 3.63) is 30.1 Å². The topological polar surface area (TPSA) is 94.0 Å². The zero-order valence-electron chi connectivity index (χ0n) is 16.6. The Kier molecular flexibility index (Phi) is 6.62. The number of benzene rings is 1. The van der Waals surface area contributed by atoms with Gasteiger partial charge < -0.3 is 9.88 Å². The first-order valence-electron chi connectivity index (χ1n) is 9.52. The number of nitrogens with one attached hydrogen (secondary N) is 1. The van der Waals surface area contributed by atoms with Gasteiger partial charge >= 0.3 is 0 Å². The zero-order valence-corrected chi connectivity index (χ0v) is 18.3. The van der Waals surface area contributed by atoms with Crippen LogP contribution >= 0.6 is 11.8 Å². The lowest BCUT2D eigenvalue weighted by atomic mass is 10.2. The zero-order chi connectivity index (χ0) is 21.2. The standard InChI is InChI=1S/C19H25FN4O3S2/c1-12(2)10-24-17(15-6-4-5-7-16(15)20)22-23-19(24)28-13(3)18(25)21-14-8-9-29(26,27)11-14/h4-7,12-14H,8-11H2,1-3H3,(H,21,25). The van der Waals surface area contributed by atoms with Gasteiger partial charge in [0.25, 0.3) is 0 Å². The van der Waals surface area contributed by atoms with Crippen molar-refractivity contribution in [2.24, 2.45) is 5.92 Å². The number of carbonyl (C=O) groups is 1. The molecule has 158 valence electrons. The van der Waals surface area contributed by atoms with Gasteiger partial charge in [-0.05, 0) is 31.4 Å². The summed E-state index contributed by atoms with van der Waals surface area (Å²) in [6, 6.07) is 6.04. The third-order valence-corrected chi connectivity index (χ3v) is 7.46. The molecule has 0 saturated carbocycles. The van der Waals surface area contributed by atoms with Gasteiger partial charge in [0.05, 0.1) is 22.3 Å². The number of thioether (sulfide) groups is 1. The molecule has 1 saturated heterocycles. The van der Waals surface area contributed by atoms with Crippen LogP contribution in [0.3, 0.4) is 0 Å². The number of aromatic nitrogens is 3. The number of rotatable bonds is 7. The molecule has 1 N–H and O–H groups in total. The third kappa shape index (κ3) is 5.36. The first-order valence-corrected chi connectivity index (χ1v) is 12.2. The SMILES string of the molecule is CC(C)Cn1c(SC(C)C(=O)NC2CCS(=O)(=O)C2)nnc1-c1ccccc1F. The van der Waals surface area contributed by atoms with Crippen molar-refractivity contribution in [2.75, 3.05) is 11.5 Å². The molecule has 1 amide bonds. The second-order valence-electron chi connectivity index (χ2n) is 7.66. The van der Waals surface area contributed by atoms with Crippen molar-refractivity contribution >= 4 is 27.5 Å². The Hall–Kier alpha value is -1.94. The highest BCUT2D eigenvalue weighted by atomic mass is 32.2. The Labute approximate surface area is 174 Å². The third-order valence-electron chi connectivity index (χ3n) is 4.61. The van der Waals surface area contributed by atoms with Crippen molar-refractivity contribution in [3.63, 3.8) is 0 Å². The lowest BCUT2D eigenvalue weighted by Gasteiger charge is -2.17. The molecule has 0 aliphatic carbocycles. The summed E-state index contributed by atoms with van der Waals surface area (Å²) < 4.78 is 39.3. The van der Waals surface area contributed by atoms with Gasteiger partial charge in [0.1, 0.15) is 5.82 Å². The first kappa shape index (κ1) is 21.8. The molecule has 10 heteroatoms. The number of amides is 1. The van der Waals surface area contributed by atoms with E-state index in [1.807, 2.05) is 18.4 Å². The van der Waals surface area contributed by atoms with E-state index in [4.69, 9.17) is 0 Å². The largest absolute Gasteiger partial charge is 0.351 e. The van der Waals surface area contributed by atoms with Crippen LogP contribution in [0.25, 0.3) is 11.4 Å². The van der Waals surface area contributed by atoms with E-state index in [2.05, 4.69) is 15.5 Å². The van der Waals surface area contributed by atoms with E-state index in [-0.39, 0.29) is 35.2 Å². The molecule has 0 bridgehead atoms. The monoisotopic (exact) mass is 440 g/mol. The van der Waals surface area contributed by atoms with Gasteiger partial charge in [0.15, 0.2) is 20.8 Å². The van der Waals surface area contributed by atoms with Gasteiger partial charge in [-0.3, -0.25) is 4.79 Å². The molecule has 7 nitrogen and oxygen atoms in total. The van der Waals surface area contributed by atoms with E-state index in [1.165, 1.54) is 17.8 Å². The molecule has 1 fully saturated rings. The Morgan fingerprint density at radius 3 is 2.66 bits per heavy atom. The van der Waals surface area contributed by atoms with Crippen LogP contribution in [0.4, 0.5) is 4.39 Å². The summed E-state index contributed by atoms with van der Waals surface area (Å²) >= 11 is 1.23. The van der Waals surface area contributed by atoms with Gasteiger partial charge in [-0.1, -0.05) is 37.7 Å². The van der Waals surface area contributed by atoms with Crippen molar-refractivity contribution < 1.29 is 17.6 Å². The van der Waals surface area contributed by atoms with Crippen LogP contribution in [-0.2, 0) is 21.2 Å². The van der Waals surface area contributed by atoms with Crippen molar-refractivity contribution in [1.29, 1.82) is 0 Å². The van der Waals surface area contributed by atoms with Crippen LogP contribution in [0.15, 0.2) is 29.4 Å². The summed E-state index contributed by atoms with van der Waals surface area (Å²) in [5.74, 6) is 0.154. The van der Waals surface area contributed by atoms with E-state index in [0.717, 1.165) is 0 Å². The van der Waals surface area contributed by atoms with Crippen molar-refractivity contribution in [2.45, 2.75) is 50.2 Å². The molecule has 2 unspecified atom stereocenters. The minimum Gasteiger partial charge on any atom is -0.351 e. The summed E-state index contributed by atoms with van der Waals surface area (Å²) in [6.07, 6.45) is 0.437. The molecular formula is C19H25FN4O3S2. The number of hydrogen-bond donors (Lipinski definition) is 1. The second kappa shape index (κ2) is 8.83. The average molecular weight is 441 g/mol. The number of hydrogen-bond acceptors (Lipinski definition) is 6. The van der Waals surface area contributed by atoms with E-state index in [9.17, 15) is 17.6 Å². The Morgan fingerprint density at radius 1 is 1.31 bits per heavy atom. The molecule has 1 aromatic heterocycles. The molecule has 0 radical (unpaired) electrons. The van der Waals surface area contributed by atoms with Crippen molar-refractivity contribution in [3.8, 4) is 11.4 Å². The predicted molar refractivity (Wildman–Crippen MR) is 111 cm³/mol. The Balaban J connectivity index is 1.78. The van der Waals surface area contributed by atoms with E-state index in [0.29, 0.717) is 29.5 Å². The fraction of sp³-hybridized carbons (Fsp3) is 0.526. The highest BCUT2D eigenvalue weighted by Crippen LogP contribution is 2.29. The van der Waals surface area contributed by atoms with Gasteiger partial charge in [-0.2, -0.15) is 0 Å². The predicted octanol–water partition coefficient (Wildman–Crippen LogP) is 2.52. The number of halogens is 1. The van der Waals surface area contributed by atoms with Crippen LogP contribution in [0, 0.1) is 11.7 Å². The summed E-state index contributed by atoms with van der Waals surface area (Å²) in [4.78, 5) is 12.5. The molecule has 1 aromatic carbocycles. The molecule has 2 atom stereocenters. The highest BCUT2D eigenvalue weighted by Gasteiger charge is 2.30. The normalized spacial score (nSPS) is 19.4. The first-order chi connectivity index (χ1) is 13.7. The van der Waals surface area contributed by atoms with E-state index < -0.39 is 15.1 Å².